The van der Waals surface area contributed by atoms with Gasteiger partial charge in [0.15, 0.2) is 0 Å². The zero-order chi connectivity index (χ0) is 12.3. The van der Waals surface area contributed by atoms with Gasteiger partial charge < -0.3 is 0 Å². The van der Waals surface area contributed by atoms with Crippen LogP contribution in [0.5, 0.6) is 0 Å². The van der Waals surface area contributed by atoms with Gasteiger partial charge in [-0.2, -0.15) is 0 Å². The Kier molecular flexibility index (Phi) is 2.74. The average Bonchev–Trinajstić information content (AvgIpc) is 2.71. The molecule has 2 nitrogen and oxygen atoms in total. The Morgan fingerprint density at radius 3 is 2.61 bits per heavy atom. The van der Waals surface area contributed by atoms with Gasteiger partial charge in [-0.15, -0.1) is 11.3 Å². The molecule has 0 aromatic carbocycles. The molecule has 4 rings (SSSR count). The lowest BCUT2D eigenvalue weighted by atomic mass is 9.95. The fourth-order valence-electron chi connectivity index (χ4n) is 4.91. The van der Waals surface area contributed by atoms with E-state index in [1.54, 1.807) is 11.3 Å². The van der Waals surface area contributed by atoms with Gasteiger partial charge in [0.05, 0.1) is 4.34 Å². The second-order valence-electron chi connectivity index (χ2n) is 6.25. The van der Waals surface area contributed by atoms with E-state index in [9.17, 15) is 0 Å². The third kappa shape index (κ3) is 1.68. The second kappa shape index (κ2) is 4.20. The Hall–Kier alpha value is -0.0900. The fourth-order valence-corrected chi connectivity index (χ4v) is 6.06. The Bertz CT molecular complexity index is 444. The molecular formula is C14H19ClN2S. The highest BCUT2D eigenvalue weighted by atomic mass is 35.5. The smallest absolute Gasteiger partial charge is 0.0931 e. The van der Waals surface area contributed by atoms with Crippen LogP contribution in [-0.2, 0) is 6.42 Å². The Balaban J connectivity index is 1.47. The van der Waals surface area contributed by atoms with Gasteiger partial charge in [-0.1, -0.05) is 11.6 Å². The molecule has 1 aromatic heterocycles. The standard InChI is InChI=1S/C14H19ClN2S/c15-11-4-3-9(18-11)6-10(17-16)14-12-7-1-2-8(5-7)13(12)14/h3-4,7-8,10,12-14,17H,1-2,5-6,16H2. The molecule has 0 saturated heterocycles. The van der Waals surface area contributed by atoms with E-state index in [1.165, 1.54) is 24.1 Å². The van der Waals surface area contributed by atoms with Crippen LogP contribution in [0.1, 0.15) is 24.1 Å². The topological polar surface area (TPSA) is 38.0 Å². The number of thiophene rings is 1. The number of nitrogens with two attached hydrogens (primary N) is 1. The minimum Gasteiger partial charge on any atom is -0.271 e. The van der Waals surface area contributed by atoms with Crippen LogP contribution in [0.2, 0.25) is 4.34 Å². The van der Waals surface area contributed by atoms with E-state index < -0.39 is 0 Å². The Morgan fingerprint density at radius 1 is 1.33 bits per heavy atom. The normalized spacial score (nSPS) is 42.0. The largest absolute Gasteiger partial charge is 0.271 e. The second-order valence-corrected chi connectivity index (χ2v) is 8.05. The van der Waals surface area contributed by atoms with Crippen LogP contribution in [0.4, 0.5) is 0 Å². The van der Waals surface area contributed by atoms with E-state index in [-0.39, 0.29) is 0 Å². The quantitative estimate of drug-likeness (QED) is 0.658. The molecule has 18 heavy (non-hydrogen) atoms. The molecule has 3 saturated carbocycles. The zero-order valence-corrected chi connectivity index (χ0v) is 11.9. The van der Waals surface area contributed by atoms with Crippen molar-refractivity contribution in [3.63, 3.8) is 0 Å². The van der Waals surface area contributed by atoms with Crippen molar-refractivity contribution < 1.29 is 0 Å². The first-order chi connectivity index (χ1) is 8.78. The van der Waals surface area contributed by atoms with Crippen molar-refractivity contribution in [2.24, 2.45) is 35.4 Å². The highest BCUT2D eigenvalue weighted by molar-refractivity contribution is 7.16. The summed E-state index contributed by atoms with van der Waals surface area (Å²) in [6, 6.07) is 4.59. The van der Waals surface area contributed by atoms with Gasteiger partial charge in [-0.3, -0.25) is 11.3 Å². The summed E-state index contributed by atoms with van der Waals surface area (Å²) in [5.41, 5.74) is 3.08. The molecule has 0 aliphatic heterocycles. The zero-order valence-electron chi connectivity index (χ0n) is 10.3. The summed E-state index contributed by atoms with van der Waals surface area (Å²) in [4.78, 5) is 1.36. The maximum Gasteiger partial charge on any atom is 0.0931 e. The molecule has 0 amide bonds. The molecule has 3 fully saturated rings. The van der Waals surface area contributed by atoms with Crippen LogP contribution in [0, 0.1) is 29.6 Å². The van der Waals surface area contributed by atoms with Crippen molar-refractivity contribution in [2.75, 3.05) is 0 Å². The highest BCUT2D eigenvalue weighted by Crippen LogP contribution is 2.70. The SMILES string of the molecule is NNC(Cc1ccc(Cl)s1)C1C2C3CCC(C3)C21. The third-order valence-corrected chi connectivity index (χ3v) is 6.78. The molecule has 5 unspecified atom stereocenters. The summed E-state index contributed by atoms with van der Waals surface area (Å²) in [5.74, 6) is 10.7. The van der Waals surface area contributed by atoms with Crippen LogP contribution < -0.4 is 11.3 Å². The first kappa shape index (κ1) is 11.7. The molecule has 98 valence electrons. The maximum absolute atomic E-state index is 6.00. The molecule has 3 aliphatic rings. The lowest BCUT2D eigenvalue weighted by Gasteiger charge is -2.19. The van der Waals surface area contributed by atoms with E-state index in [1.807, 2.05) is 6.07 Å². The van der Waals surface area contributed by atoms with Gasteiger partial charge in [0.2, 0.25) is 0 Å². The number of hydrazine groups is 1. The van der Waals surface area contributed by atoms with Crippen LogP contribution in [0.25, 0.3) is 0 Å². The lowest BCUT2D eigenvalue weighted by molar-refractivity contribution is 0.366. The third-order valence-electron chi connectivity index (χ3n) is 5.52. The van der Waals surface area contributed by atoms with Gasteiger partial charge >= 0.3 is 0 Å². The number of halogens is 1. The van der Waals surface area contributed by atoms with Gasteiger partial charge in [0.1, 0.15) is 0 Å². The monoisotopic (exact) mass is 282 g/mol. The van der Waals surface area contributed by atoms with Crippen molar-refractivity contribution in [3.8, 4) is 0 Å². The molecule has 0 spiro atoms. The summed E-state index contributed by atoms with van der Waals surface area (Å²) in [6.07, 6.45) is 5.51. The van der Waals surface area contributed by atoms with Gasteiger partial charge in [-0.05, 0) is 67.4 Å². The van der Waals surface area contributed by atoms with E-state index in [0.717, 1.165) is 40.3 Å². The molecule has 3 aliphatic carbocycles. The predicted molar refractivity (Wildman–Crippen MR) is 75.4 cm³/mol. The predicted octanol–water partition coefficient (Wildman–Crippen LogP) is 3.07. The van der Waals surface area contributed by atoms with Crippen molar-refractivity contribution >= 4 is 22.9 Å². The summed E-state index contributed by atoms with van der Waals surface area (Å²) >= 11 is 7.69. The number of nitrogens with one attached hydrogen (secondary N) is 1. The van der Waals surface area contributed by atoms with Gasteiger partial charge in [-0.25, -0.2) is 0 Å². The first-order valence-electron chi connectivity index (χ1n) is 6.98. The Morgan fingerprint density at radius 2 is 2.06 bits per heavy atom. The van der Waals surface area contributed by atoms with E-state index >= 15 is 0 Å². The summed E-state index contributed by atoms with van der Waals surface area (Å²) in [7, 11) is 0. The van der Waals surface area contributed by atoms with Crippen LogP contribution in [-0.4, -0.2) is 6.04 Å². The average molecular weight is 283 g/mol. The van der Waals surface area contributed by atoms with E-state index in [0.29, 0.717) is 6.04 Å². The first-order valence-corrected chi connectivity index (χ1v) is 8.17. The van der Waals surface area contributed by atoms with Crippen molar-refractivity contribution in [2.45, 2.75) is 31.7 Å². The van der Waals surface area contributed by atoms with Crippen molar-refractivity contribution in [1.29, 1.82) is 0 Å². The molecule has 2 bridgehead atoms. The Labute approximate surface area is 117 Å². The molecule has 5 atom stereocenters. The van der Waals surface area contributed by atoms with Crippen LogP contribution in [0.3, 0.4) is 0 Å². The maximum atomic E-state index is 6.00. The van der Waals surface area contributed by atoms with Crippen LogP contribution in [0.15, 0.2) is 12.1 Å². The highest BCUT2D eigenvalue weighted by Gasteiger charge is 2.66. The minimum absolute atomic E-state index is 0.457. The summed E-state index contributed by atoms with van der Waals surface area (Å²) in [6.45, 7) is 0. The summed E-state index contributed by atoms with van der Waals surface area (Å²) < 4.78 is 0.886. The van der Waals surface area contributed by atoms with E-state index in [4.69, 9.17) is 17.4 Å². The fraction of sp³-hybridized carbons (Fsp3) is 0.714. The molecule has 4 heteroatoms. The number of fused-ring (bicyclic) bond motifs is 5. The minimum atomic E-state index is 0.457. The van der Waals surface area contributed by atoms with E-state index in [2.05, 4.69) is 11.5 Å². The van der Waals surface area contributed by atoms with Crippen molar-refractivity contribution in [1.82, 2.24) is 5.43 Å². The number of hydrogen-bond donors (Lipinski definition) is 2. The summed E-state index contributed by atoms with van der Waals surface area (Å²) in [5, 5.41) is 0. The molecule has 3 N–H and O–H groups in total. The molecular weight excluding hydrogens is 264 g/mol. The van der Waals surface area contributed by atoms with Gasteiger partial charge in [0.25, 0.3) is 0 Å². The van der Waals surface area contributed by atoms with Crippen molar-refractivity contribution in [3.05, 3.63) is 21.3 Å². The number of rotatable bonds is 4. The van der Waals surface area contributed by atoms with Crippen LogP contribution >= 0.6 is 22.9 Å². The molecule has 0 radical (unpaired) electrons. The van der Waals surface area contributed by atoms with Gasteiger partial charge in [0, 0.05) is 10.9 Å². The molecule has 1 heterocycles. The molecule has 1 aromatic rings. The number of hydrogen-bond acceptors (Lipinski definition) is 3. The lowest BCUT2D eigenvalue weighted by Crippen LogP contribution is -2.40.